The summed E-state index contributed by atoms with van der Waals surface area (Å²) in [6.45, 7) is 3.58. The number of thiophene rings is 1. The van der Waals surface area contributed by atoms with E-state index in [2.05, 4.69) is 14.5 Å². The SMILES string of the molecule is COCCn1c(CN2CCC(c3cccc(OCc4ccc(C#N)cc4F)n3)CC2)nc2sc(C(=O)O)cc21. The first kappa shape index (κ1) is 26.7. The molecule has 9 nitrogen and oxygen atoms in total. The average Bonchev–Trinajstić information content (AvgIpc) is 3.50. The molecule has 0 amide bonds. The zero-order chi connectivity index (χ0) is 27.4. The molecule has 1 aliphatic rings. The molecule has 5 rings (SSSR count). The van der Waals surface area contributed by atoms with Crippen LogP contribution in [0, 0.1) is 17.1 Å². The van der Waals surface area contributed by atoms with Gasteiger partial charge in [-0.15, -0.1) is 11.3 Å². The fourth-order valence-corrected chi connectivity index (χ4v) is 5.72. The zero-order valence-electron chi connectivity index (χ0n) is 21.5. The Morgan fingerprint density at radius 3 is 2.77 bits per heavy atom. The van der Waals surface area contributed by atoms with Crippen LogP contribution >= 0.6 is 11.3 Å². The Morgan fingerprint density at radius 2 is 2.05 bits per heavy atom. The number of hydrogen-bond donors (Lipinski definition) is 1. The van der Waals surface area contributed by atoms with Gasteiger partial charge in [0, 0.05) is 36.9 Å². The van der Waals surface area contributed by atoms with E-state index in [1.807, 2.05) is 18.2 Å². The van der Waals surface area contributed by atoms with Crippen molar-refractivity contribution < 1.29 is 23.8 Å². The van der Waals surface area contributed by atoms with Crippen molar-refractivity contribution in [1.82, 2.24) is 19.4 Å². The van der Waals surface area contributed by atoms with Crippen LogP contribution in [0.25, 0.3) is 10.3 Å². The first-order valence-electron chi connectivity index (χ1n) is 12.7. The number of piperidine rings is 1. The summed E-state index contributed by atoms with van der Waals surface area (Å²) in [6, 6.07) is 13.6. The Morgan fingerprint density at radius 1 is 1.23 bits per heavy atom. The van der Waals surface area contributed by atoms with Gasteiger partial charge in [-0.2, -0.15) is 5.26 Å². The smallest absolute Gasteiger partial charge is 0.346 e. The number of methoxy groups -OCH3 is 1. The predicted molar refractivity (Wildman–Crippen MR) is 143 cm³/mol. The van der Waals surface area contributed by atoms with E-state index in [0.29, 0.717) is 31.1 Å². The minimum absolute atomic E-state index is 0.0353. The van der Waals surface area contributed by atoms with Crippen LogP contribution in [0.3, 0.4) is 0 Å². The Bertz CT molecular complexity index is 1520. The van der Waals surface area contributed by atoms with E-state index in [1.165, 1.54) is 17.4 Å². The van der Waals surface area contributed by atoms with Crippen LogP contribution in [0.2, 0.25) is 0 Å². The molecule has 39 heavy (non-hydrogen) atoms. The molecule has 1 saturated heterocycles. The normalized spacial score (nSPS) is 14.5. The summed E-state index contributed by atoms with van der Waals surface area (Å²) in [7, 11) is 1.65. The van der Waals surface area contributed by atoms with Gasteiger partial charge in [-0.1, -0.05) is 12.1 Å². The Kier molecular flexibility index (Phi) is 8.16. The third-order valence-corrected chi connectivity index (χ3v) is 7.94. The fraction of sp³-hybridized carbons (Fsp3) is 0.357. The summed E-state index contributed by atoms with van der Waals surface area (Å²) >= 11 is 1.20. The number of carbonyl (C=O) groups is 1. The van der Waals surface area contributed by atoms with Gasteiger partial charge in [-0.25, -0.2) is 19.2 Å². The lowest BCUT2D eigenvalue weighted by molar-refractivity contribution is 0.0702. The van der Waals surface area contributed by atoms with Crippen LogP contribution in [0.5, 0.6) is 5.88 Å². The summed E-state index contributed by atoms with van der Waals surface area (Å²) in [6.07, 6.45) is 1.86. The van der Waals surface area contributed by atoms with Crippen LogP contribution in [-0.2, 0) is 24.4 Å². The molecule has 4 aromatic rings. The number of halogens is 1. The molecule has 0 bridgehead atoms. The zero-order valence-corrected chi connectivity index (χ0v) is 22.3. The van der Waals surface area contributed by atoms with Gasteiger partial charge in [0.25, 0.3) is 0 Å². The number of benzene rings is 1. The molecule has 0 spiro atoms. The Hall–Kier alpha value is -3.85. The number of pyridine rings is 1. The lowest BCUT2D eigenvalue weighted by Gasteiger charge is -2.31. The molecular formula is C28H28FN5O4S. The first-order valence-corrected chi connectivity index (χ1v) is 13.5. The number of rotatable bonds is 10. The van der Waals surface area contributed by atoms with E-state index < -0.39 is 11.8 Å². The fourth-order valence-electron chi connectivity index (χ4n) is 4.83. The summed E-state index contributed by atoms with van der Waals surface area (Å²) in [5.74, 6) is 0.227. The molecule has 1 N–H and O–H groups in total. The van der Waals surface area contributed by atoms with Crippen LogP contribution in [0.1, 0.15) is 51.1 Å². The molecule has 11 heteroatoms. The van der Waals surface area contributed by atoms with Crippen molar-refractivity contribution in [2.75, 3.05) is 26.8 Å². The summed E-state index contributed by atoms with van der Waals surface area (Å²) in [4.78, 5) is 24.2. The van der Waals surface area contributed by atoms with Gasteiger partial charge in [0.1, 0.15) is 28.0 Å². The number of fused-ring (bicyclic) bond motifs is 1. The molecule has 0 unspecified atom stereocenters. The molecular weight excluding hydrogens is 521 g/mol. The summed E-state index contributed by atoms with van der Waals surface area (Å²) in [5, 5.41) is 18.3. The van der Waals surface area contributed by atoms with E-state index in [9.17, 15) is 14.3 Å². The van der Waals surface area contributed by atoms with Gasteiger partial charge in [-0.05, 0) is 50.2 Å². The predicted octanol–water partition coefficient (Wildman–Crippen LogP) is 4.81. The number of aromatic nitrogens is 3. The van der Waals surface area contributed by atoms with Crippen molar-refractivity contribution in [3.05, 3.63) is 75.8 Å². The lowest BCUT2D eigenvalue weighted by Crippen LogP contribution is -2.33. The highest BCUT2D eigenvalue weighted by Gasteiger charge is 2.24. The maximum absolute atomic E-state index is 14.2. The van der Waals surface area contributed by atoms with E-state index in [-0.39, 0.29) is 23.0 Å². The van der Waals surface area contributed by atoms with E-state index in [4.69, 9.17) is 19.7 Å². The summed E-state index contributed by atoms with van der Waals surface area (Å²) < 4.78 is 27.3. The van der Waals surface area contributed by atoms with Crippen molar-refractivity contribution >= 4 is 27.7 Å². The number of carboxylic acids is 1. The van der Waals surface area contributed by atoms with E-state index in [0.717, 1.165) is 47.8 Å². The number of likely N-dealkylation sites (tertiary alicyclic amines) is 1. The highest BCUT2D eigenvalue weighted by atomic mass is 32.1. The maximum atomic E-state index is 14.2. The molecule has 1 aliphatic heterocycles. The average molecular weight is 550 g/mol. The summed E-state index contributed by atoms with van der Waals surface area (Å²) in [5.41, 5.74) is 2.43. The molecule has 0 radical (unpaired) electrons. The monoisotopic (exact) mass is 549 g/mol. The van der Waals surface area contributed by atoms with Gasteiger partial charge in [-0.3, -0.25) is 4.90 Å². The molecule has 1 aromatic carbocycles. The highest BCUT2D eigenvalue weighted by Crippen LogP contribution is 2.31. The van der Waals surface area contributed by atoms with Crippen molar-refractivity contribution in [2.24, 2.45) is 0 Å². The molecule has 0 atom stereocenters. The third-order valence-electron chi connectivity index (χ3n) is 6.93. The van der Waals surface area contributed by atoms with E-state index in [1.54, 1.807) is 31.4 Å². The number of ether oxygens (including phenoxy) is 2. The number of nitriles is 1. The van der Waals surface area contributed by atoms with Crippen LogP contribution in [0.15, 0.2) is 42.5 Å². The second-order valence-corrected chi connectivity index (χ2v) is 10.5. The number of imidazole rings is 1. The van der Waals surface area contributed by atoms with Crippen molar-refractivity contribution in [3.63, 3.8) is 0 Å². The van der Waals surface area contributed by atoms with Crippen LogP contribution in [0.4, 0.5) is 4.39 Å². The largest absolute Gasteiger partial charge is 0.477 e. The van der Waals surface area contributed by atoms with Crippen molar-refractivity contribution in [3.8, 4) is 11.9 Å². The van der Waals surface area contributed by atoms with Gasteiger partial charge >= 0.3 is 5.97 Å². The third kappa shape index (κ3) is 6.09. The quantitative estimate of drug-likeness (QED) is 0.300. The van der Waals surface area contributed by atoms with Gasteiger partial charge in [0.05, 0.1) is 30.3 Å². The minimum Gasteiger partial charge on any atom is -0.477 e. The van der Waals surface area contributed by atoms with Gasteiger partial charge in [0.2, 0.25) is 5.88 Å². The van der Waals surface area contributed by atoms with Gasteiger partial charge < -0.3 is 19.1 Å². The standard InChI is InChI=1S/C28H28FN5O4S/c1-37-12-11-34-23-14-24(28(35)36)39-27(23)32-25(34)16-33-9-7-19(8-10-33)22-3-2-4-26(31-22)38-17-20-6-5-18(15-30)13-21(20)29/h2-6,13-14,19H,7-12,16-17H2,1H3,(H,35,36). The van der Waals surface area contributed by atoms with Crippen molar-refractivity contribution in [2.45, 2.75) is 38.5 Å². The topological polar surface area (TPSA) is 114 Å². The van der Waals surface area contributed by atoms with Crippen molar-refractivity contribution in [1.29, 1.82) is 5.26 Å². The Balaban J connectivity index is 1.20. The molecule has 0 aliphatic carbocycles. The lowest BCUT2D eigenvalue weighted by atomic mass is 9.93. The van der Waals surface area contributed by atoms with Crippen LogP contribution in [-0.4, -0.2) is 57.3 Å². The molecule has 202 valence electrons. The number of nitrogens with zero attached hydrogens (tertiary/aromatic N) is 5. The van der Waals surface area contributed by atoms with Crippen LogP contribution < -0.4 is 4.74 Å². The number of carboxylic acid groups (broad SMARTS) is 1. The minimum atomic E-state index is -0.940. The second-order valence-electron chi connectivity index (χ2n) is 9.44. The second kappa shape index (κ2) is 11.9. The highest BCUT2D eigenvalue weighted by molar-refractivity contribution is 7.20. The first-order chi connectivity index (χ1) is 18.9. The molecule has 3 aromatic heterocycles. The van der Waals surface area contributed by atoms with Gasteiger partial charge in [0.15, 0.2) is 0 Å². The maximum Gasteiger partial charge on any atom is 0.346 e. The molecule has 4 heterocycles. The Labute approximate surface area is 229 Å². The van der Waals surface area contributed by atoms with E-state index >= 15 is 0 Å². The number of aromatic carboxylic acids is 1. The molecule has 1 fully saturated rings. The number of hydrogen-bond acceptors (Lipinski definition) is 8. The molecule has 0 saturated carbocycles.